The Morgan fingerprint density at radius 2 is 2.06 bits per heavy atom. The maximum absolute atomic E-state index is 12.0. The summed E-state index contributed by atoms with van der Waals surface area (Å²) >= 11 is 6.75. The van der Waals surface area contributed by atoms with Gasteiger partial charge in [0, 0.05) is 13.6 Å². The predicted octanol–water partition coefficient (Wildman–Crippen LogP) is 2.51. The number of halogens is 1. The third-order valence-corrected chi connectivity index (χ3v) is 3.52. The molecule has 18 heavy (non-hydrogen) atoms. The highest BCUT2D eigenvalue weighted by Gasteiger charge is 2.16. The second-order valence-electron chi connectivity index (χ2n) is 3.82. The summed E-state index contributed by atoms with van der Waals surface area (Å²) in [4.78, 5) is 13.6. The Morgan fingerprint density at radius 1 is 1.33 bits per heavy atom. The Kier molecular flexibility index (Phi) is 4.28. The monoisotopic (exact) mass is 281 g/mol. The first kappa shape index (κ1) is 13.0. The maximum Gasteiger partial charge on any atom is 0.284 e. The number of amides is 1. The van der Waals surface area contributed by atoms with E-state index in [0.29, 0.717) is 11.6 Å². The lowest BCUT2D eigenvalue weighted by molar-refractivity contribution is 0.0795. The van der Waals surface area contributed by atoms with Crippen molar-refractivity contribution in [2.75, 3.05) is 13.6 Å². The van der Waals surface area contributed by atoms with E-state index in [9.17, 15) is 4.79 Å². The summed E-state index contributed by atoms with van der Waals surface area (Å²) in [5.41, 5.74) is 1.20. The number of carbonyl (C=O) groups is 1. The van der Waals surface area contributed by atoms with Gasteiger partial charge in [0.05, 0.1) is 0 Å². The highest BCUT2D eigenvalue weighted by Crippen LogP contribution is 2.16. The minimum Gasteiger partial charge on any atom is -0.339 e. The number of likely N-dealkylation sites (N-methyl/N-ethyl adjacent to an activating group) is 1. The first-order chi connectivity index (χ1) is 8.66. The quantitative estimate of drug-likeness (QED) is 0.865. The third-order valence-electron chi connectivity index (χ3n) is 2.51. The molecule has 2 aromatic rings. The van der Waals surface area contributed by atoms with E-state index in [2.05, 4.69) is 10.2 Å². The number of nitrogens with zero attached hydrogens (tertiary/aromatic N) is 3. The van der Waals surface area contributed by atoms with E-state index in [1.807, 2.05) is 30.3 Å². The fourth-order valence-corrected chi connectivity index (χ4v) is 2.32. The van der Waals surface area contributed by atoms with Crippen LogP contribution in [0.5, 0.6) is 0 Å². The summed E-state index contributed by atoms with van der Waals surface area (Å²) < 4.78 is 0.287. The van der Waals surface area contributed by atoms with Crippen molar-refractivity contribution in [3.8, 4) is 0 Å². The molecule has 0 saturated carbocycles. The molecule has 2 rings (SSSR count). The Morgan fingerprint density at radius 3 is 2.67 bits per heavy atom. The van der Waals surface area contributed by atoms with E-state index in [1.54, 1.807) is 11.9 Å². The molecule has 0 aliphatic rings. The van der Waals surface area contributed by atoms with Crippen LogP contribution in [0, 0.1) is 0 Å². The van der Waals surface area contributed by atoms with Crippen molar-refractivity contribution in [2.24, 2.45) is 0 Å². The van der Waals surface area contributed by atoms with E-state index < -0.39 is 0 Å². The molecule has 0 aliphatic heterocycles. The van der Waals surface area contributed by atoms with Crippen molar-refractivity contribution >= 4 is 28.8 Å². The van der Waals surface area contributed by atoms with E-state index in [1.165, 1.54) is 5.56 Å². The van der Waals surface area contributed by atoms with Gasteiger partial charge in [-0.1, -0.05) is 41.7 Å². The fourth-order valence-electron chi connectivity index (χ4n) is 1.50. The van der Waals surface area contributed by atoms with Crippen LogP contribution in [0.1, 0.15) is 15.4 Å². The molecule has 0 unspecified atom stereocenters. The topological polar surface area (TPSA) is 46.1 Å². The van der Waals surface area contributed by atoms with Crippen LogP contribution in [0.3, 0.4) is 0 Å². The van der Waals surface area contributed by atoms with Gasteiger partial charge in [-0.05, 0) is 23.6 Å². The smallest absolute Gasteiger partial charge is 0.284 e. The molecule has 0 aliphatic carbocycles. The zero-order valence-electron chi connectivity index (χ0n) is 9.84. The minimum absolute atomic E-state index is 0.143. The largest absolute Gasteiger partial charge is 0.339 e. The Labute approximate surface area is 114 Å². The van der Waals surface area contributed by atoms with Crippen LogP contribution >= 0.6 is 22.9 Å². The Bertz CT molecular complexity index is 529. The number of carbonyl (C=O) groups excluding carboxylic acids is 1. The zero-order valence-corrected chi connectivity index (χ0v) is 11.4. The molecule has 0 radical (unpaired) electrons. The molecule has 0 bridgehead atoms. The first-order valence-corrected chi connectivity index (χ1v) is 6.64. The van der Waals surface area contributed by atoms with Crippen LogP contribution < -0.4 is 0 Å². The molecule has 1 aromatic heterocycles. The summed E-state index contributed by atoms with van der Waals surface area (Å²) in [5, 5.41) is 7.69. The molecular weight excluding hydrogens is 270 g/mol. The summed E-state index contributed by atoms with van der Waals surface area (Å²) in [6.45, 7) is 0.639. The number of aromatic nitrogens is 2. The zero-order chi connectivity index (χ0) is 13.0. The molecule has 0 fully saturated rings. The number of hydrogen-bond acceptors (Lipinski definition) is 4. The molecule has 1 amide bonds. The highest BCUT2D eigenvalue weighted by atomic mass is 35.5. The average molecular weight is 282 g/mol. The van der Waals surface area contributed by atoms with Crippen LogP contribution in [0.2, 0.25) is 4.47 Å². The summed E-state index contributed by atoms with van der Waals surface area (Å²) in [6.07, 6.45) is 0.815. The van der Waals surface area contributed by atoms with Crippen LogP contribution in [0.15, 0.2) is 30.3 Å². The number of hydrogen-bond donors (Lipinski definition) is 0. The number of rotatable bonds is 4. The second-order valence-corrected chi connectivity index (χ2v) is 5.38. The summed E-state index contributed by atoms with van der Waals surface area (Å²) in [7, 11) is 1.75. The summed E-state index contributed by atoms with van der Waals surface area (Å²) in [5.74, 6) is -0.143. The standard InChI is InChI=1S/C12H12ClN3OS/c1-16(8-7-9-5-3-2-4-6-9)11(17)10-14-15-12(13)18-10/h2-6H,7-8H2,1H3. The van der Waals surface area contributed by atoms with Gasteiger partial charge >= 0.3 is 0 Å². The molecule has 1 heterocycles. The van der Waals surface area contributed by atoms with Crippen molar-refractivity contribution in [3.63, 3.8) is 0 Å². The van der Waals surface area contributed by atoms with Crippen LogP contribution in [0.25, 0.3) is 0 Å². The van der Waals surface area contributed by atoms with Gasteiger partial charge in [0.2, 0.25) is 9.47 Å². The van der Waals surface area contributed by atoms with Gasteiger partial charge in [-0.15, -0.1) is 10.2 Å². The molecule has 0 spiro atoms. The van der Waals surface area contributed by atoms with E-state index >= 15 is 0 Å². The van der Waals surface area contributed by atoms with Gasteiger partial charge in [-0.3, -0.25) is 4.79 Å². The van der Waals surface area contributed by atoms with Crippen molar-refractivity contribution in [1.29, 1.82) is 0 Å². The van der Waals surface area contributed by atoms with Crippen molar-refractivity contribution < 1.29 is 4.79 Å². The van der Waals surface area contributed by atoms with E-state index in [-0.39, 0.29) is 10.4 Å². The normalized spacial score (nSPS) is 10.3. The van der Waals surface area contributed by atoms with Gasteiger partial charge in [0.1, 0.15) is 0 Å². The van der Waals surface area contributed by atoms with Crippen molar-refractivity contribution in [1.82, 2.24) is 15.1 Å². The van der Waals surface area contributed by atoms with Crippen molar-refractivity contribution in [2.45, 2.75) is 6.42 Å². The molecule has 94 valence electrons. The van der Waals surface area contributed by atoms with Gasteiger partial charge in [0.25, 0.3) is 5.91 Å². The van der Waals surface area contributed by atoms with Gasteiger partial charge in [-0.2, -0.15) is 0 Å². The second kappa shape index (κ2) is 5.93. The van der Waals surface area contributed by atoms with Gasteiger partial charge < -0.3 is 4.90 Å². The van der Waals surface area contributed by atoms with Crippen LogP contribution in [-0.4, -0.2) is 34.6 Å². The van der Waals surface area contributed by atoms with Gasteiger partial charge in [0.15, 0.2) is 0 Å². The van der Waals surface area contributed by atoms with Crippen LogP contribution in [0.4, 0.5) is 0 Å². The minimum atomic E-state index is -0.143. The Hall–Kier alpha value is -1.46. The molecule has 0 N–H and O–H groups in total. The fraction of sp³-hybridized carbons (Fsp3) is 0.250. The average Bonchev–Trinajstić information content (AvgIpc) is 2.83. The highest BCUT2D eigenvalue weighted by molar-refractivity contribution is 7.17. The molecule has 6 heteroatoms. The molecular formula is C12H12ClN3OS. The maximum atomic E-state index is 12.0. The predicted molar refractivity (Wildman–Crippen MR) is 72.0 cm³/mol. The van der Waals surface area contributed by atoms with Crippen LogP contribution in [-0.2, 0) is 6.42 Å². The molecule has 0 saturated heterocycles. The third kappa shape index (κ3) is 3.27. The molecule has 1 aromatic carbocycles. The number of benzene rings is 1. The first-order valence-electron chi connectivity index (χ1n) is 5.45. The molecule has 4 nitrogen and oxygen atoms in total. The SMILES string of the molecule is CN(CCc1ccccc1)C(=O)c1nnc(Cl)s1. The van der Waals surface area contributed by atoms with Gasteiger partial charge in [-0.25, -0.2) is 0 Å². The van der Waals surface area contributed by atoms with Crippen molar-refractivity contribution in [3.05, 3.63) is 45.4 Å². The Balaban J connectivity index is 1.92. The molecule has 0 atom stereocenters. The van der Waals surface area contributed by atoms with E-state index in [4.69, 9.17) is 11.6 Å². The lowest BCUT2D eigenvalue weighted by atomic mass is 10.1. The van der Waals surface area contributed by atoms with E-state index in [0.717, 1.165) is 17.8 Å². The lowest BCUT2D eigenvalue weighted by Gasteiger charge is -2.15. The summed E-state index contributed by atoms with van der Waals surface area (Å²) in [6, 6.07) is 10.0. The lowest BCUT2D eigenvalue weighted by Crippen LogP contribution is -2.28.